The second-order valence-electron chi connectivity index (χ2n) is 5.57. The van der Waals surface area contributed by atoms with Crippen LogP contribution in [0.5, 0.6) is 0 Å². The number of nitrogens with one attached hydrogen (secondary N) is 1. The summed E-state index contributed by atoms with van der Waals surface area (Å²) >= 11 is 1.83. The van der Waals surface area contributed by atoms with Crippen LogP contribution in [0.3, 0.4) is 0 Å². The molecule has 0 aromatic carbocycles. The maximum Gasteiger partial charge on any atom is 0.324 e. The summed E-state index contributed by atoms with van der Waals surface area (Å²) in [6, 6.07) is -0.421. The van der Waals surface area contributed by atoms with Gasteiger partial charge in [-0.25, -0.2) is 4.79 Å². The van der Waals surface area contributed by atoms with Gasteiger partial charge in [-0.3, -0.25) is 14.9 Å². The summed E-state index contributed by atoms with van der Waals surface area (Å²) in [6.45, 7) is 6.24. The summed E-state index contributed by atoms with van der Waals surface area (Å²) in [5.74, 6) is -0.741. The Hall–Kier alpha value is -1.24. The zero-order valence-corrected chi connectivity index (χ0v) is 13.0. The number of hydrogen-bond acceptors (Lipinski definition) is 4. The molecule has 1 unspecified atom stereocenters. The van der Waals surface area contributed by atoms with Crippen molar-refractivity contribution in [3.05, 3.63) is 0 Å². The second kappa shape index (κ2) is 6.97. The average molecular weight is 302 g/mol. The minimum absolute atomic E-state index is 0.214. The SMILES string of the molecule is CCC1CN(C(=O)NC(=O)CC(C)(C)C(=O)O)CCS1. The van der Waals surface area contributed by atoms with E-state index in [1.54, 1.807) is 4.90 Å². The van der Waals surface area contributed by atoms with Gasteiger partial charge >= 0.3 is 12.0 Å². The molecular formula is C13H22N2O4S. The van der Waals surface area contributed by atoms with Crippen LogP contribution in [0, 0.1) is 5.41 Å². The minimum atomic E-state index is -1.17. The Kier molecular flexibility index (Phi) is 5.86. The molecule has 20 heavy (non-hydrogen) atoms. The summed E-state index contributed by atoms with van der Waals surface area (Å²) < 4.78 is 0. The third-order valence-corrected chi connectivity index (χ3v) is 4.68. The van der Waals surface area contributed by atoms with Crippen molar-refractivity contribution < 1.29 is 19.5 Å². The molecule has 1 saturated heterocycles. The van der Waals surface area contributed by atoms with E-state index >= 15 is 0 Å². The molecule has 0 saturated carbocycles. The number of urea groups is 1. The lowest BCUT2D eigenvalue weighted by atomic mass is 9.89. The van der Waals surface area contributed by atoms with Gasteiger partial charge in [0.05, 0.1) is 5.41 Å². The number of imide groups is 1. The first-order valence-corrected chi connectivity index (χ1v) is 7.75. The van der Waals surface area contributed by atoms with E-state index in [0.717, 1.165) is 12.2 Å². The monoisotopic (exact) mass is 302 g/mol. The van der Waals surface area contributed by atoms with Crippen LogP contribution < -0.4 is 5.32 Å². The quantitative estimate of drug-likeness (QED) is 0.823. The molecule has 1 rings (SSSR count). The molecule has 1 fully saturated rings. The van der Waals surface area contributed by atoms with Crippen LogP contribution in [0.25, 0.3) is 0 Å². The number of thioether (sulfide) groups is 1. The zero-order valence-electron chi connectivity index (χ0n) is 12.1. The highest BCUT2D eigenvalue weighted by Gasteiger charge is 2.31. The molecule has 1 heterocycles. The van der Waals surface area contributed by atoms with Gasteiger partial charge in [0.1, 0.15) is 0 Å². The van der Waals surface area contributed by atoms with Gasteiger partial charge in [0, 0.05) is 30.5 Å². The first-order valence-electron chi connectivity index (χ1n) is 6.70. The number of carboxylic acids is 1. The van der Waals surface area contributed by atoms with E-state index in [0.29, 0.717) is 18.3 Å². The first-order chi connectivity index (χ1) is 9.26. The fourth-order valence-electron chi connectivity index (χ4n) is 1.87. The molecule has 3 amide bonds. The number of rotatable bonds is 4. The van der Waals surface area contributed by atoms with E-state index in [2.05, 4.69) is 12.2 Å². The molecule has 1 aliphatic rings. The maximum absolute atomic E-state index is 12.0. The van der Waals surface area contributed by atoms with Gasteiger partial charge in [0.2, 0.25) is 5.91 Å². The fourth-order valence-corrected chi connectivity index (χ4v) is 3.05. The van der Waals surface area contributed by atoms with E-state index in [1.807, 2.05) is 11.8 Å². The topological polar surface area (TPSA) is 86.7 Å². The largest absolute Gasteiger partial charge is 0.481 e. The van der Waals surface area contributed by atoms with Crippen LogP contribution in [-0.4, -0.2) is 52.0 Å². The molecule has 0 aromatic heterocycles. The lowest BCUT2D eigenvalue weighted by Crippen LogP contribution is -2.49. The van der Waals surface area contributed by atoms with E-state index in [-0.39, 0.29) is 6.42 Å². The third kappa shape index (κ3) is 4.70. The first kappa shape index (κ1) is 16.8. The molecule has 0 aromatic rings. The van der Waals surface area contributed by atoms with Gasteiger partial charge in [-0.1, -0.05) is 6.92 Å². The summed E-state index contributed by atoms with van der Waals surface area (Å²) in [7, 11) is 0. The molecular weight excluding hydrogens is 280 g/mol. The lowest BCUT2D eigenvalue weighted by Gasteiger charge is -2.31. The van der Waals surface area contributed by atoms with Crippen LogP contribution in [0.4, 0.5) is 4.79 Å². The lowest BCUT2D eigenvalue weighted by molar-refractivity contribution is -0.149. The normalized spacial score (nSPS) is 19.6. The van der Waals surface area contributed by atoms with E-state index in [9.17, 15) is 14.4 Å². The summed E-state index contributed by atoms with van der Waals surface area (Å²) in [5.41, 5.74) is -1.17. The summed E-state index contributed by atoms with van der Waals surface area (Å²) in [6.07, 6.45) is 0.766. The van der Waals surface area contributed by atoms with Crippen molar-refractivity contribution in [3.8, 4) is 0 Å². The van der Waals surface area contributed by atoms with Crippen molar-refractivity contribution in [2.75, 3.05) is 18.8 Å². The summed E-state index contributed by atoms with van der Waals surface area (Å²) in [5, 5.41) is 11.6. The van der Waals surface area contributed by atoms with Crippen molar-refractivity contribution in [2.45, 2.75) is 38.9 Å². The van der Waals surface area contributed by atoms with Crippen molar-refractivity contribution in [1.29, 1.82) is 0 Å². The minimum Gasteiger partial charge on any atom is -0.481 e. The highest BCUT2D eigenvalue weighted by molar-refractivity contribution is 8.00. The number of aliphatic carboxylic acids is 1. The van der Waals surface area contributed by atoms with Crippen LogP contribution in [0.2, 0.25) is 0 Å². The van der Waals surface area contributed by atoms with Gasteiger partial charge in [-0.2, -0.15) is 11.8 Å². The van der Waals surface area contributed by atoms with Crippen molar-refractivity contribution in [3.63, 3.8) is 0 Å². The predicted octanol–water partition coefficient (Wildman–Crippen LogP) is 1.55. The second-order valence-corrected chi connectivity index (χ2v) is 6.97. The maximum atomic E-state index is 12.0. The molecule has 1 aliphatic heterocycles. The number of nitrogens with zero attached hydrogens (tertiary/aromatic N) is 1. The summed E-state index contributed by atoms with van der Waals surface area (Å²) in [4.78, 5) is 36.3. The Bertz CT molecular complexity index is 398. The number of hydrogen-bond donors (Lipinski definition) is 2. The van der Waals surface area contributed by atoms with Crippen LogP contribution >= 0.6 is 11.8 Å². The van der Waals surface area contributed by atoms with E-state index in [1.165, 1.54) is 13.8 Å². The molecule has 0 aliphatic carbocycles. The van der Waals surface area contributed by atoms with E-state index < -0.39 is 23.3 Å². The average Bonchev–Trinajstić information content (AvgIpc) is 2.37. The van der Waals surface area contributed by atoms with Gasteiger partial charge < -0.3 is 10.0 Å². The van der Waals surface area contributed by atoms with Crippen LogP contribution in [0.1, 0.15) is 33.6 Å². The van der Waals surface area contributed by atoms with Crippen LogP contribution in [0.15, 0.2) is 0 Å². The predicted molar refractivity (Wildman–Crippen MR) is 77.7 cm³/mol. The molecule has 0 radical (unpaired) electrons. The van der Waals surface area contributed by atoms with Gasteiger partial charge in [0.15, 0.2) is 0 Å². The number of carboxylic acid groups (broad SMARTS) is 1. The zero-order chi connectivity index (χ0) is 15.3. The van der Waals surface area contributed by atoms with Crippen molar-refractivity contribution in [2.24, 2.45) is 5.41 Å². The van der Waals surface area contributed by atoms with Crippen molar-refractivity contribution >= 4 is 29.7 Å². The Morgan fingerprint density at radius 3 is 2.60 bits per heavy atom. The fraction of sp³-hybridized carbons (Fsp3) is 0.769. The van der Waals surface area contributed by atoms with Gasteiger partial charge in [0.25, 0.3) is 0 Å². The molecule has 0 bridgehead atoms. The molecule has 7 heteroatoms. The number of carbonyl (C=O) groups is 3. The smallest absolute Gasteiger partial charge is 0.324 e. The van der Waals surface area contributed by atoms with Gasteiger partial charge in [-0.15, -0.1) is 0 Å². The Balaban J connectivity index is 2.49. The van der Waals surface area contributed by atoms with Gasteiger partial charge in [-0.05, 0) is 20.3 Å². The molecule has 2 N–H and O–H groups in total. The molecule has 6 nitrogen and oxygen atoms in total. The molecule has 0 spiro atoms. The highest BCUT2D eigenvalue weighted by Crippen LogP contribution is 2.22. The third-order valence-electron chi connectivity index (χ3n) is 3.31. The Morgan fingerprint density at radius 2 is 2.05 bits per heavy atom. The van der Waals surface area contributed by atoms with E-state index in [4.69, 9.17) is 5.11 Å². The van der Waals surface area contributed by atoms with Crippen LogP contribution in [-0.2, 0) is 9.59 Å². The Morgan fingerprint density at radius 1 is 1.40 bits per heavy atom. The molecule has 1 atom stereocenters. The standard InChI is InChI=1S/C13H22N2O4S/c1-4-9-8-15(5-6-20-9)12(19)14-10(16)7-13(2,3)11(17)18/h9H,4-8H2,1-3H3,(H,17,18)(H,14,16,19). The number of amides is 3. The Labute approximate surface area is 123 Å². The van der Waals surface area contributed by atoms with Crippen molar-refractivity contribution in [1.82, 2.24) is 10.2 Å². The number of carbonyl (C=O) groups excluding carboxylic acids is 2. The molecule has 114 valence electrons. The highest BCUT2D eigenvalue weighted by atomic mass is 32.2.